The Bertz CT molecular complexity index is 560. The lowest BCUT2D eigenvalue weighted by Crippen LogP contribution is -2.03. The van der Waals surface area contributed by atoms with E-state index in [1.165, 1.54) is 0 Å². The maximum Gasteiger partial charge on any atom is 0.225 e. The molecule has 0 fully saturated rings. The van der Waals surface area contributed by atoms with Crippen LogP contribution in [0.25, 0.3) is 5.69 Å². The molecule has 2 aromatic rings. The molecule has 0 atom stereocenters. The van der Waals surface area contributed by atoms with Gasteiger partial charge in [-0.2, -0.15) is 0 Å². The largest absolute Gasteiger partial charge is 0.368 e. The van der Waals surface area contributed by atoms with Crippen LogP contribution in [-0.4, -0.2) is 14.8 Å². The molecule has 4 nitrogen and oxygen atoms in total. The highest BCUT2D eigenvalue weighted by atomic mass is 32.1. The fraction of sp³-hybridized carbons (Fsp3) is 0. The van der Waals surface area contributed by atoms with E-state index in [2.05, 4.69) is 10.2 Å². The number of halogens is 2. The molecular weight excluding hydrogens is 222 g/mol. The highest BCUT2D eigenvalue weighted by Gasteiger charge is 2.10. The smallest absolute Gasteiger partial charge is 0.225 e. The number of hydrogen-bond donors (Lipinski definition) is 2. The van der Waals surface area contributed by atoms with Crippen LogP contribution in [0.2, 0.25) is 0 Å². The summed E-state index contributed by atoms with van der Waals surface area (Å²) in [5.74, 6) is -1.22. The lowest BCUT2D eigenvalue weighted by Gasteiger charge is -2.04. The van der Waals surface area contributed by atoms with E-state index in [9.17, 15) is 8.78 Å². The summed E-state index contributed by atoms with van der Waals surface area (Å²) >= 11 is 4.83. The van der Waals surface area contributed by atoms with Gasteiger partial charge in [-0.15, -0.1) is 5.10 Å². The third-order valence-corrected chi connectivity index (χ3v) is 2.12. The lowest BCUT2D eigenvalue weighted by molar-refractivity contribution is 0.592. The van der Waals surface area contributed by atoms with Gasteiger partial charge in [0, 0.05) is 6.07 Å². The highest BCUT2D eigenvalue weighted by molar-refractivity contribution is 7.71. The van der Waals surface area contributed by atoms with E-state index in [0.29, 0.717) is 0 Å². The number of aromatic amines is 1. The second-order valence-electron chi connectivity index (χ2n) is 2.82. The Morgan fingerprint density at radius 3 is 2.73 bits per heavy atom. The average Bonchev–Trinajstić information content (AvgIpc) is 2.51. The van der Waals surface area contributed by atoms with E-state index >= 15 is 0 Å². The first-order valence-electron chi connectivity index (χ1n) is 3.98. The molecule has 3 N–H and O–H groups in total. The van der Waals surface area contributed by atoms with Gasteiger partial charge < -0.3 is 5.73 Å². The molecule has 0 saturated carbocycles. The number of nitrogens with two attached hydrogens (primary N) is 1. The van der Waals surface area contributed by atoms with Crippen molar-refractivity contribution in [1.29, 1.82) is 0 Å². The van der Waals surface area contributed by atoms with E-state index in [1.807, 2.05) is 0 Å². The SMILES string of the molecule is Nc1n[nH]c(=S)n1-c1cc(F)ccc1F. The van der Waals surface area contributed by atoms with E-state index < -0.39 is 11.6 Å². The van der Waals surface area contributed by atoms with E-state index in [4.69, 9.17) is 18.0 Å². The molecule has 0 aliphatic carbocycles. The van der Waals surface area contributed by atoms with Crippen molar-refractivity contribution in [3.63, 3.8) is 0 Å². The van der Waals surface area contributed by atoms with Crippen molar-refractivity contribution in [3.8, 4) is 5.69 Å². The van der Waals surface area contributed by atoms with Gasteiger partial charge in [-0.25, -0.2) is 13.9 Å². The van der Waals surface area contributed by atoms with Gasteiger partial charge in [0.2, 0.25) is 10.7 Å². The van der Waals surface area contributed by atoms with Crippen molar-refractivity contribution in [2.75, 3.05) is 5.73 Å². The predicted molar refractivity (Wildman–Crippen MR) is 53.1 cm³/mol. The summed E-state index contributed by atoms with van der Waals surface area (Å²) < 4.78 is 27.5. The van der Waals surface area contributed by atoms with Crippen LogP contribution in [0.15, 0.2) is 18.2 Å². The number of benzene rings is 1. The fourth-order valence-electron chi connectivity index (χ4n) is 1.20. The molecule has 0 saturated heterocycles. The minimum absolute atomic E-state index is 0.0236. The van der Waals surface area contributed by atoms with Crippen LogP contribution in [0.1, 0.15) is 0 Å². The second-order valence-corrected chi connectivity index (χ2v) is 3.20. The van der Waals surface area contributed by atoms with E-state index in [-0.39, 0.29) is 16.4 Å². The fourth-order valence-corrected chi connectivity index (χ4v) is 1.44. The molecule has 0 bridgehead atoms. The number of rotatable bonds is 1. The molecule has 0 aliphatic rings. The van der Waals surface area contributed by atoms with Crippen molar-refractivity contribution < 1.29 is 8.78 Å². The van der Waals surface area contributed by atoms with E-state index in [0.717, 1.165) is 22.8 Å². The standard InChI is InChI=1S/C8H6F2N4S/c9-4-1-2-5(10)6(3-4)14-7(11)12-13-8(14)15/h1-3H,(H2,11,12)(H,13,15). The van der Waals surface area contributed by atoms with Crippen LogP contribution in [-0.2, 0) is 0 Å². The zero-order valence-electron chi connectivity index (χ0n) is 7.37. The second kappa shape index (κ2) is 3.43. The average molecular weight is 228 g/mol. The topological polar surface area (TPSA) is 59.6 Å². The number of aromatic nitrogens is 3. The van der Waals surface area contributed by atoms with E-state index in [1.54, 1.807) is 0 Å². The van der Waals surface area contributed by atoms with Gasteiger partial charge >= 0.3 is 0 Å². The van der Waals surface area contributed by atoms with Crippen LogP contribution >= 0.6 is 12.2 Å². The normalized spacial score (nSPS) is 10.5. The first-order chi connectivity index (χ1) is 7.09. The van der Waals surface area contributed by atoms with Gasteiger partial charge in [-0.1, -0.05) is 0 Å². The summed E-state index contributed by atoms with van der Waals surface area (Å²) in [6, 6.07) is 3.01. The van der Waals surface area contributed by atoms with Crippen molar-refractivity contribution in [2.45, 2.75) is 0 Å². The Balaban J connectivity index is 2.74. The monoisotopic (exact) mass is 228 g/mol. The molecule has 1 aromatic heterocycles. The van der Waals surface area contributed by atoms with Gasteiger partial charge in [0.1, 0.15) is 11.6 Å². The third kappa shape index (κ3) is 1.61. The van der Waals surface area contributed by atoms with Crippen molar-refractivity contribution >= 4 is 18.2 Å². The highest BCUT2D eigenvalue weighted by Crippen LogP contribution is 2.17. The maximum absolute atomic E-state index is 13.4. The summed E-state index contributed by atoms with van der Waals surface area (Å²) in [4.78, 5) is 0. The van der Waals surface area contributed by atoms with Crippen molar-refractivity contribution in [3.05, 3.63) is 34.6 Å². The Hall–Kier alpha value is -1.76. The maximum atomic E-state index is 13.4. The number of hydrogen-bond acceptors (Lipinski definition) is 3. The molecule has 78 valence electrons. The molecule has 2 rings (SSSR count). The predicted octanol–water partition coefficient (Wildman–Crippen LogP) is 1.79. The molecule has 0 aliphatic heterocycles. The number of nitrogens with zero attached hydrogens (tertiary/aromatic N) is 2. The summed E-state index contributed by atoms with van der Waals surface area (Å²) in [6.45, 7) is 0. The zero-order chi connectivity index (χ0) is 11.0. The molecule has 0 unspecified atom stereocenters. The van der Waals surface area contributed by atoms with Crippen LogP contribution in [0.3, 0.4) is 0 Å². The summed E-state index contributed by atoms with van der Waals surface area (Å²) in [5.41, 5.74) is 5.39. The summed E-state index contributed by atoms with van der Waals surface area (Å²) in [5, 5.41) is 5.98. The molecule has 7 heteroatoms. The molecule has 1 aromatic carbocycles. The molecule has 0 spiro atoms. The van der Waals surface area contributed by atoms with Gasteiger partial charge in [0.05, 0.1) is 5.69 Å². The molecule has 0 radical (unpaired) electrons. The van der Waals surface area contributed by atoms with Crippen molar-refractivity contribution in [2.24, 2.45) is 0 Å². The summed E-state index contributed by atoms with van der Waals surface area (Å²) in [7, 11) is 0. The minimum atomic E-state index is -0.624. The Morgan fingerprint density at radius 1 is 1.40 bits per heavy atom. The molecule has 15 heavy (non-hydrogen) atoms. The Kier molecular flexibility index (Phi) is 2.24. The van der Waals surface area contributed by atoms with Crippen LogP contribution in [0.4, 0.5) is 14.7 Å². The van der Waals surface area contributed by atoms with Crippen LogP contribution in [0, 0.1) is 16.4 Å². The number of anilines is 1. The van der Waals surface area contributed by atoms with Gasteiger partial charge in [-0.3, -0.25) is 4.57 Å². The van der Waals surface area contributed by atoms with Crippen LogP contribution < -0.4 is 5.73 Å². The third-order valence-electron chi connectivity index (χ3n) is 1.85. The molecular formula is C8H6F2N4S. The van der Waals surface area contributed by atoms with Gasteiger partial charge in [-0.05, 0) is 24.4 Å². The quantitative estimate of drug-likeness (QED) is 0.731. The minimum Gasteiger partial charge on any atom is -0.368 e. The van der Waals surface area contributed by atoms with Crippen molar-refractivity contribution in [1.82, 2.24) is 14.8 Å². The Morgan fingerprint density at radius 2 is 2.13 bits per heavy atom. The Labute approximate surface area is 88.3 Å². The van der Waals surface area contributed by atoms with Crippen LogP contribution in [0.5, 0.6) is 0 Å². The molecule has 0 amide bonds. The number of nitrogens with one attached hydrogen (secondary N) is 1. The number of H-pyrrole nitrogens is 1. The lowest BCUT2D eigenvalue weighted by atomic mass is 10.3. The number of nitrogen functional groups attached to an aromatic ring is 1. The summed E-state index contributed by atoms with van der Waals surface area (Å²) in [6.07, 6.45) is 0. The first-order valence-corrected chi connectivity index (χ1v) is 4.39. The first kappa shape index (κ1) is 9.78. The molecule has 1 heterocycles. The van der Waals surface area contributed by atoms with Gasteiger partial charge in [0.25, 0.3) is 0 Å². The zero-order valence-corrected chi connectivity index (χ0v) is 8.18. The van der Waals surface area contributed by atoms with Gasteiger partial charge in [0.15, 0.2) is 0 Å².